The van der Waals surface area contributed by atoms with Crippen LogP contribution in [0.1, 0.15) is 12.5 Å². The van der Waals surface area contributed by atoms with E-state index in [-0.39, 0.29) is 0 Å². The second-order valence-corrected chi connectivity index (χ2v) is 3.27. The van der Waals surface area contributed by atoms with Gasteiger partial charge in [-0.05, 0) is 18.6 Å². The van der Waals surface area contributed by atoms with E-state index in [1.54, 1.807) is 0 Å². The van der Waals surface area contributed by atoms with E-state index in [1.807, 2.05) is 37.3 Å². The van der Waals surface area contributed by atoms with Gasteiger partial charge in [0.15, 0.2) is 0 Å². The highest BCUT2D eigenvalue weighted by molar-refractivity contribution is 5.82. The average Bonchev–Trinajstić information content (AvgIpc) is 2.28. The molecule has 0 unspecified atom stereocenters. The number of rotatable bonds is 3. The number of nitrogens with zero attached hydrogens (tertiary/aromatic N) is 1. The Morgan fingerprint density at radius 2 is 2.13 bits per heavy atom. The zero-order chi connectivity index (χ0) is 10.7. The summed E-state index contributed by atoms with van der Waals surface area (Å²) >= 11 is 0. The summed E-state index contributed by atoms with van der Waals surface area (Å²) in [5.74, 6) is 0.650. The summed E-state index contributed by atoms with van der Waals surface area (Å²) in [5.41, 5.74) is 7.70. The van der Waals surface area contributed by atoms with Crippen LogP contribution >= 0.6 is 0 Å². The van der Waals surface area contributed by atoms with Gasteiger partial charge in [0.2, 0.25) is 5.88 Å². The summed E-state index contributed by atoms with van der Waals surface area (Å²) in [7, 11) is 0. The van der Waals surface area contributed by atoms with Crippen molar-refractivity contribution in [2.45, 2.75) is 13.5 Å². The molecule has 0 aliphatic heterocycles. The molecule has 0 saturated heterocycles. The van der Waals surface area contributed by atoms with E-state index < -0.39 is 0 Å². The van der Waals surface area contributed by atoms with E-state index in [1.165, 1.54) is 0 Å². The third kappa shape index (κ3) is 1.92. The number of pyridine rings is 1. The van der Waals surface area contributed by atoms with Gasteiger partial charge in [0.25, 0.3) is 0 Å². The van der Waals surface area contributed by atoms with Crippen molar-refractivity contribution in [3.05, 3.63) is 35.9 Å². The van der Waals surface area contributed by atoms with Gasteiger partial charge in [0.1, 0.15) is 0 Å². The summed E-state index contributed by atoms with van der Waals surface area (Å²) in [6, 6.07) is 9.86. The third-order valence-electron chi connectivity index (χ3n) is 2.29. The minimum atomic E-state index is 0.503. The molecule has 0 amide bonds. The normalized spacial score (nSPS) is 10.5. The molecule has 0 saturated carbocycles. The monoisotopic (exact) mass is 202 g/mol. The summed E-state index contributed by atoms with van der Waals surface area (Å²) < 4.78 is 5.39. The Morgan fingerprint density at radius 1 is 1.33 bits per heavy atom. The second-order valence-electron chi connectivity index (χ2n) is 3.27. The predicted octanol–water partition coefficient (Wildman–Crippen LogP) is 2.09. The summed E-state index contributed by atoms with van der Waals surface area (Å²) in [6.07, 6.45) is 0. The average molecular weight is 202 g/mol. The van der Waals surface area contributed by atoms with Crippen LogP contribution in [0.25, 0.3) is 10.9 Å². The lowest BCUT2D eigenvalue weighted by Gasteiger charge is -2.07. The van der Waals surface area contributed by atoms with Crippen LogP contribution in [-0.4, -0.2) is 11.6 Å². The topological polar surface area (TPSA) is 48.1 Å². The molecular weight excluding hydrogens is 188 g/mol. The Balaban J connectivity index is 2.60. The number of aromatic nitrogens is 1. The fourth-order valence-corrected chi connectivity index (χ4v) is 1.61. The molecule has 78 valence electrons. The number of nitrogens with two attached hydrogens (primary N) is 1. The Bertz CT molecular complexity index is 468. The van der Waals surface area contributed by atoms with E-state index in [9.17, 15) is 0 Å². The molecule has 1 aromatic carbocycles. The highest BCUT2D eigenvalue weighted by Crippen LogP contribution is 2.21. The van der Waals surface area contributed by atoms with Crippen molar-refractivity contribution >= 4 is 10.9 Å². The zero-order valence-corrected chi connectivity index (χ0v) is 8.73. The highest BCUT2D eigenvalue weighted by Gasteiger charge is 2.04. The van der Waals surface area contributed by atoms with Crippen LogP contribution in [0, 0.1) is 0 Å². The van der Waals surface area contributed by atoms with Gasteiger partial charge in [-0.15, -0.1) is 0 Å². The van der Waals surface area contributed by atoms with Gasteiger partial charge in [-0.25, -0.2) is 4.98 Å². The van der Waals surface area contributed by atoms with E-state index in [0.29, 0.717) is 19.0 Å². The van der Waals surface area contributed by atoms with Gasteiger partial charge >= 0.3 is 0 Å². The first kappa shape index (κ1) is 9.93. The SMILES string of the molecule is CCOc1cc(CN)c2ccccc2n1. The van der Waals surface area contributed by atoms with E-state index in [2.05, 4.69) is 4.98 Å². The highest BCUT2D eigenvalue weighted by atomic mass is 16.5. The van der Waals surface area contributed by atoms with Crippen LogP contribution in [0.15, 0.2) is 30.3 Å². The van der Waals surface area contributed by atoms with Crippen LogP contribution in [0.3, 0.4) is 0 Å². The quantitative estimate of drug-likeness (QED) is 0.829. The molecule has 2 rings (SSSR count). The van der Waals surface area contributed by atoms with Crippen LogP contribution in [-0.2, 0) is 6.54 Å². The predicted molar refractivity (Wildman–Crippen MR) is 60.8 cm³/mol. The number of para-hydroxylation sites is 1. The zero-order valence-electron chi connectivity index (χ0n) is 8.73. The first-order chi connectivity index (χ1) is 7.35. The number of ether oxygens (including phenoxy) is 1. The Hall–Kier alpha value is -1.61. The van der Waals surface area contributed by atoms with E-state index >= 15 is 0 Å². The summed E-state index contributed by atoms with van der Waals surface area (Å²) in [5, 5.41) is 1.10. The standard InChI is InChI=1S/C12H14N2O/c1-2-15-12-7-9(8-13)10-5-3-4-6-11(10)14-12/h3-7H,2,8,13H2,1H3. The first-order valence-corrected chi connectivity index (χ1v) is 5.06. The van der Waals surface area contributed by atoms with Gasteiger partial charge in [0, 0.05) is 18.0 Å². The van der Waals surface area contributed by atoms with Crippen LogP contribution in [0.2, 0.25) is 0 Å². The van der Waals surface area contributed by atoms with Gasteiger partial charge < -0.3 is 10.5 Å². The number of hydrogen-bond acceptors (Lipinski definition) is 3. The number of hydrogen-bond donors (Lipinski definition) is 1. The smallest absolute Gasteiger partial charge is 0.214 e. The molecule has 0 spiro atoms. The minimum absolute atomic E-state index is 0.503. The van der Waals surface area contributed by atoms with Crippen molar-refractivity contribution in [1.29, 1.82) is 0 Å². The molecule has 0 bridgehead atoms. The molecule has 0 fully saturated rings. The molecule has 2 aromatic rings. The van der Waals surface area contributed by atoms with Crippen LogP contribution < -0.4 is 10.5 Å². The maximum atomic E-state index is 5.70. The molecular formula is C12H14N2O. The molecule has 0 aliphatic carbocycles. The number of fused-ring (bicyclic) bond motifs is 1. The molecule has 0 atom stereocenters. The minimum Gasteiger partial charge on any atom is -0.478 e. The van der Waals surface area contributed by atoms with E-state index in [0.717, 1.165) is 16.5 Å². The molecule has 2 N–H and O–H groups in total. The van der Waals surface area contributed by atoms with Crippen molar-refractivity contribution in [2.24, 2.45) is 5.73 Å². The molecule has 15 heavy (non-hydrogen) atoms. The van der Waals surface area contributed by atoms with Gasteiger partial charge in [-0.1, -0.05) is 18.2 Å². The molecule has 1 aromatic heterocycles. The van der Waals surface area contributed by atoms with Crippen LogP contribution in [0.4, 0.5) is 0 Å². The second kappa shape index (κ2) is 4.28. The van der Waals surface area contributed by atoms with Crippen molar-refractivity contribution in [1.82, 2.24) is 4.98 Å². The molecule has 0 aliphatic rings. The molecule has 1 heterocycles. The number of benzene rings is 1. The molecule has 3 nitrogen and oxygen atoms in total. The first-order valence-electron chi connectivity index (χ1n) is 5.06. The maximum Gasteiger partial charge on any atom is 0.214 e. The summed E-state index contributed by atoms with van der Waals surface area (Å²) in [6.45, 7) is 3.07. The van der Waals surface area contributed by atoms with Crippen molar-refractivity contribution in [3.8, 4) is 5.88 Å². The maximum absolute atomic E-state index is 5.70. The van der Waals surface area contributed by atoms with Crippen molar-refractivity contribution < 1.29 is 4.74 Å². The van der Waals surface area contributed by atoms with Crippen molar-refractivity contribution in [3.63, 3.8) is 0 Å². The van der Waals surface area contributed by atoms with Gasteiger partial charge in [-0.3, -0.25) is 0 Å². The fraction of sp³-hybridized carbons (Fsp3) is 0.250. The lowest BCUT2D eigenvalue weighted by atomic mass is 10.1. The Morgan fingerprint density at radius 3 is 2.87 bits per heavy atom. The lowest BCUT2D eigenvalue weighted by molar-refractivity contribution is 0.328. The Kier molecular flexibility index (Phi) is 2.83. The molecule has 3 heteroatoms. The van der Waals surface area contributed by atoms with Gasteiger partial charge in [0.05, 0.1) is 12.1 Å². The molecule has 0 radical (unpaired) electrons. The fourth-order valence-electron chi connectivity index (χ4n) is 1.61. The Labute approximate surface area is 88.9 Å². The van der Waals surface area contributed by atoms with Crippen LogP contribution in [0.5, 0.6) is 5.88 Å². The largest absolute Gasteiger partial charge is 0.478 e. The van der Waals surface area contributed by atoms with E-state index in [4.69, 9.17) is 10.5 Å². The third-order valence-corrected chi connectivity index (χ3v) is 2.29. The van der Waals surface area contributed by atoms with Crippen molar-refractivity contribution in [2.75, 3.05) is 6.61 Å². The lowest BCUT2D eigenvalue weighted by Crippen LogP contribution is -2.01. The summed E-state index contributed by atoms with van der Waals surface area (Å²) in [4.78, 5) is 4.40. The van der Waals surface area contributed by atoms with Gasteiger partial charge in [-0.2, -0.15) is 0 Å².